The third-order valence-electron chi connectivity index (χ3n) is 2.45. The van der Waals surface area contributed by atoms with Gasteiger partial charge >= 0.3 is 0 Å². The molecule has 0 heterocycles. The predicted molar refractivity (Wildman–Crippen MR) is 70.7 cm³/mol. The zero-order valence-electron chi connectivity index (χ0n) is 9.61. The number of carbonyl (C=O) groups is 1. The van der Waals surface area contributed by atoms with Crippen molar-refractivity contribution in [2.75, 3.05) is 0 Å². The number of ether oxygens (including phenoxy) is 1. The molecule has 18 heavy (non-hydrogen) atoms. The molecule has 0 atom stereocenters. The van der Waals surface area contributed by atoms with Gasteiger partial charge in [-0.1, -0.05) is 0 Å². The standard InChI is InChI=1S/C14H10BrFO2/c1-9-6-10(8-17)2-5-14(9)18-11-3-4-13(16)12(15)7-11/h2-8H,1H3. The molecule has 2 rings (SSSR count). The highest BCUT2D eigenvalue weighted by Crippen LogP contribution is 2.28. The largest absolute Gasteiger partial charge is 0.457 e. The van der Waals surface area contributed by atoms with Crippen molar-refractivity contribution in [2.45, 2.75) is 6.92 Å². The summed E-state index contributed by atoms with van der Waals surface area (Å²) < 4.78 is 19.1. The van der Waals surface area contributed by atoms with Gasteiger partial charge in [0.25, 0.3) is 0 Å². The number of rotatable bonds is 3. The number of carbonyl (C=O) groups excluding carboxylic acids is 1. The van der Waals surface area contributed by atoms with Crippen LogP contribution in [0.25, 0.3) is 0 Å². The van der Waals surface area contributed by atoms with E-state index in [0.717, 1.165) is 11.8 Å². The van der Waals surface area contributed by atoms with Gasteiger partial charge in [-0.2, -0.15) is 0 Å². The normalized spacial score (nSPS) is 10.2. The summed E-state index contributed by atoms with van der Waals surface area (Å²) in [5.41, 5.74) is 1.44. The molecule has 0 bridgehead atoms. The van der Waals surface area contributed by atoms with Gasteiger partial charge in [-0.05, 0) is 64.8 Å². The van der Waals surface area contributed by atoms with Crippen molar-refractivity contribution in [1.29, 1.82) is 0 Å². The first-order valence-corrected chi connectivity index (χ1v) is 6.08. The fourth-order valence-corrected chi connectivity index (χ4v) is 1.89. The quantitative estimate of drug-likeness (QED) is 0.780. The van der Waals surface area contributed by atoms with E-state index in [1.807, 2.05) is 6.92 Å². The van der Waals surface area contributed by atoms with Crippen molar-refractivity contribution in [2.24, 2.45) is 0 Å². The molecule has 2 nitrogen and oxygen atoms in total. The summed E-state index contributed by atoms with van der Waals surface area (Å²) in [7, 11) is 0. The van der Waals surface area contributed by atoms with Crippen LogP contribution >= 0.6 is 15.9 Å². The lowest BCUT2D eigenvalue weighted by molar-refractivity contribution is 0.112. The Hall–Kier alpha value is -1.68. The zero-order valence-corrected chi connectivity index (χ0v) is 11.2. The van der Waals surface area contributed by atoms with Crippen molar-refractivity contribution < 1.29 is 13.9 Å². The fourth-order valence-electron chi connectivity index (χ4n) is 1.53. The Morgan fingerprint density at radius 1 is 1.22 bits per heavy atom. The van der Waals surface area contributed by atoms with Gasteiger partial charge in [-0.15, -0.1) is 0 Å². The van der Waals surface area contributed by atoms with Crippen LogP contribution in [0, 0.1) is 12.7 Å². The van der Waals surface area contributed by atoms with E-state index in [4.69, 9.17) is 4.74 Å². The molecule has 0 aliphatic carbocycles. The van der Waals surface area contributed by atoms with Crippen LogP contribution in [0.4, 0.5) is 4.39 Å². The summed E-state index contributed by atoms with van der Waals surface area (Å²) in [6.07, 6.45) is 0.783. The second kappa shape index (κ2) is 5.31. The van der Waals surface area contributed by atoms with Gasteiger partial charge in [0.1, 0.15) is 23.6 Å². The highest BCUT2D eigenvalue weighted by Gasteiger charge is 2.05. The van der Waals surface area contributed by atoms with Crippen molar-refractivity contribution in [1.82, 2.24) is 0 Å². The monoisotopic (exact) mass is 308 g/mol. The molecule has 0 saturated heterocycles. The van der Waals surface area contributed by atoms with E-state index in [9.17, 15) is 9.18 Å². The molecule has 0 aliphatic rings. The first kappa shape index (κ1) is 12.8. The van der Waals surface area contributed by atoms with Crippen molar-refractivity contribution in [3.8, 4) is 11.5 Å². The highest BCUT2D eigenvalue weighted by atomic mass is 79.9. The zero-order chi connectivity index (χ0) is 13.1. The molecule has 2 aromatic rings. The number of hydrogen-bond donors (Lipinski definition) is 0. The molecule has 0 fully saturated rings. The third kappa shape index (κ3) is 2.76. The van der Waals surface area contributed by atoms with Gasteiger partial charge in [-0.25, -0.2) is 4.39 Å². The van der Waals surface area contributed by atoms with E-state index in [-0.39, 0.29) is 5.82 Å². The Morgan fingerprint density at radius 3 is 2.61 bits per heavy atom. The van der Waals surface area contributed by atoms with E-state index in [1.165, 1.54) is 6.07 Å². The lowest BCUT2D eigenvalue weighted by Gasteiger charge is -2.09. The van der Waals surface area contributed by atoms with Crippen molar-refractivity contribution >= 4 is 22.2 Å². The maximum atomic E-state index is 13.1. The Morgan fingerprint density at radius 2 is 2.00 bits per heavy atom. The molecule has 0 radical (unpaired) electrons. The summed E-state index contributed by atoms with van der Waals surface area (Å²) in [4.78, 5) is 10.6. The first-order chi connectivity index (χ1) is 8.60. The van der Waals surface area contributed by atoms with Gasteiger partial charge in [0, 0.05) is 5.56 Å². The summed E-state index contributed by atoms with van der Waals surface area (Å²) >= 11 is 3.10. The SMILES string of the molecule is Cc1cc(C=O)ccc1Oc1ccc(F)c(Br)c1. The molecular weight excluding hydrogens is 299 g/mol. The molecule has 0 N–H and O–H groups in total. The molecule has 4 heteroatoms. The molecule has 92 valence electrons. The molecule has 0 amide bonds. The van der Waals surface area contributed by atoms with E-state index in [1.54, 1.807) is 30.3 Å². The lowest BCUT2D eigenvalue weighted by atomic mass is 10.1. The van der Waals surface area contributed by atoms with Crippen LogP contribution in [0.15, 0.2) is 40.9 Å². The van der Waals surface area contributed by atoms with Crippen LogP contribution in [0.2, 0.25) is 0 Å². The van der Waals surface area contributed by atoms with Crippen molar-refractivity contribution in [3.05, 3.63) is 57.8 Å². The van der Waals surface area contributed by atoms with Crippen LogP contribution in [0.1, 0.15) is 15.9 Å². The fraction of sp³-hybridized carbons (Fsp3) is 0.0714. The van der Waals surface area contributed by atoms with Crippen LogP contribution in [-0.2, 0) is 0 Å². The second-order valence-corrected chi connectivity index (χ2v) is 4.68. The van der Waals surface area contributed by atoms with Gasteiger partial charge in [-0.3, -0.25) is 4.79 Å². The Balaban J connectivity index is 2.28. The van der Waals surface area contributed by atoms with E-state index in [2.05, 4.69) is 15.9 Å². The summed E-state index contributed by atoms with van der Waals surface area (Å²) in [5.74, 6) is 0.833. The highest BCUT2D eigenvalue weighted by molar-refractivity contribution is 9.10. The second-order valence-electron chi connectivity index (χ2n) is 3.82. The minimum absolute atomic E-state index is 0.338. The number of aldehydes is 1. The van der Waals surface area contributed by atoms with E-state index < -0.39 is 0 Å². The molecule has 0 aromatic heterocycles. The van der Waals surface area contributed by atoms with Gasteiger partial charge in [0.05, 0.1) is 4.47 Å². The number of benzene rings is 2. The lowest BCUT2D eigenvalue weighted by Crippen LogP contribution is -1.90. The van der Waals surface area contributed by atoms with Crippen LogP contribution < -0.4 is 4.74 Å². The van der Waals surface area contributed by atoms with Crippen LogP contribution in [-0.4, -0.2) is 6.29 Å². The maximum absolute atomic E-state index is 13.1. The molecule has 0 saturated carbocycles. The average Bonchev–Trinajstić information content (AvgIpc) is 2.36. The number of halogens is 2. The minimum atomic E-state index is -0.338. The predicted octanol–water partition coefficient (Wildman–Crippen LogP) is 4.50. The third-order valence-corrected chi connectivity index (χ3v) is 3.06. The molecule has 2 aromatic carbocycles. The van der Waals surface area contributed by atoms with E-state index in [0.29, 0.717) is 21.5 Å². The molecule has 0 spiro atoms. The molecule has 0 unspecified atom stereocenters. The Bertz CT molecular complexity index is 596. The Labute approximate surface area is 113 Å². The first-order valence-electron chi connectivity index (χ1n) is 5.29. The van der Waals surface area contributed by atoms with E-state index >= 15 is 0 Å². The topological polar surface area (TPSA) is 26.3 Å². The molecular formula is C14H10BrFO2. The maximum Gasteiger partial charge on any atom is 0.150 e. The van der Waals surface area contributed by atoms with Gasteiger partial charge in [0.15, 0.2) is 0 Å². The number of aryl methyl sites for hydroxylation is 1. The minimum Gasteiger partial charge on any atom is -0.457 e. The van der Waals surface area contributed by atoms with Gasteiger partial charge < -0.3 is 4.74 Å². The summed E-state index contributed by atoms with van der Waals surface area (Å²) in [5, 5.41) is 0. The van der Waals surface area contributed by atoms with Crippen molar-refractivity contribution in [3.63, 3.8) is 0 Å². The smallest absolute Gasteiger partial charge is 0.150 e. The summed E-state index contributed by atoms with van der Waals surface area (Å²) in [6.45, 7) is 1.85. The van der Waals surface area contributed by atoms with Crippen LogP contribution in [0.3, 0.4) is 0 Å². The van der Waals surface area contributed by atoms with Crippen LogP contribution in [0.5, 0.6) is 11.5 Å². The summed E-state index contributed by atoms with van der Waals surface area (Å²) in [6, 6.07) is 9.56. The average molecular weight is 309 g/mol. The number of hydrogen-bond acceptors (Lipinski definition) is 2. The Kier molecular flexibility index (Phi) is 3.77. The van der Waals surface area contributed by atoms with Gasteiger partial charge in [0.2, 0.25) is 0 Å². The molecule has 0 aliphatic heterocycles.